The number of likely N-dealkylation sites (N-methyl/N-ethyl adjacent to an activating group) is 1. The highest BCUT2D eigenvalue weighted by atomic mass is 35.5. The van der Waals surface area contributed by atoms with Crippen molar-refractivity contribution < 1.29 is 68.2 Å². The summed E-state index contributed by atoms with van der Waals surface area (Å²) in [5, 5.41) is 56.3. The molecule has 10 rings (SSSR count). The van der Waals surface area contributed by atoms with Gasteiger partial charge in [0.05, 0.1) is 32.7 Å². The second kappa shape index (κ2) is 24.1. The molecule has 0 radical (unpaired) electrons. The fraction of sp³-hybridized carbons (Fsp3) is 0.237. The number of carbonyl (C=O) groups is 7. The van der Waals surface area contributed by atoms with Crippen molar-refractivity contribution in [3.63, 3.8) is 0 Å². The lowest BCUT2D eigenvalue weighted by Crippen LogP contribution is -2.54. The molecule has 0 aliphatic carbocycles. The van der Waals surface area contributed by atoms with E-state index in [2.05, 4.69) is 31.6 Å². The maximum absolute atomic E-state index is 15.8. The molecule has 4 heterocycles. The summed E-state index contributed by atoms with van der Waals surface area (Å²) in [6.45, 7) is 4.86. The lowest BCUT2D eigenvalue weighted by atomic mass is 9.94. The van der Waals surface area contributed by atoms with Gasteiger partial charge in [0.2, 0.25) is 29.5 Å². The number of amides is 6. The zero-order valence-electron chi connectivity index (χ0n) is 45.1. The second-order valence-electron chi connectivity index (χ2n) is 20.8. The highest BCUT2D eigenvalue weighted by Crippen LogP contribution is 2.45. The summed E-state index contributed by atoms with van der Waals surface area (Å²) >= 11 is 25.9. The van der Waals surface area contributed by atoms with Crippen molar-refractivity contribution in [2.45, 2.75) is 75.5 Å². The Hall–Kier alpha value is -8.89. The first-order chi connectivity index (χ1) is 39.8. The number of phenols is 4. The van der Waals surface area contributed by atoms with Gasteiger partial charge in [-0.3, -0.25) is 24.0 Å². The maximum atomic E-state index is 15.8. The molecule has 0 saturated carbocycles. The van der Waals surface area contributed by atoms with Gasteiger partial charge in [-0.2, -0.15) is 0 Å². The summed E-state index contributed by atoms with van der Waals surface area (Å²) in [4.78, 5) is 108. The molecule has 6 amide bonds. The summed E-state index contributed by atoms with van der Waals surface area (Å²) in [7, 11) is 2.36. The van der Waals surface area contributed by atoms with E-state index in [1.165, 1.54) is 55.6 Å². The Labute approximate surface area is 499 Å². The van der Waals surface area contributed by atoms with Gasteiger partial charge in [-0.25, -0.2) is 9.59 Å². The summed E-state index contributed by atoms with van der Waals surface area (Å²) in [5.41, 5.74) is 0.501. The van der Waals surface area contributed by atoms with Gasteiger partial charge in [0, 0.05) is 42.6 Å². The third-order valence-corrected chi connectivity index (χ3v) is 15.1. The summed E-state index contributed by atoms with van der Waals surface area (Å²) in [6.07, 6.45) is 0.126. The van der Waals surface area contributed by atoms with E-state index in [4.69, 9.17) is 60.6 Å². The van der Waals surface area contributed by atoms with E-state index < -0.39 is 101 Å². The maximum Gasteiger partial charge on any atom is 0.408 e. The lowest BCUT2D eigenvalue weighted by Gasteiger charge is -2.33. The molecule has 3 aliphatic rings. The number of rotatable bonds is 7. The van der Waals surface area contributed by atoms with Gasteiger partial charge < -0.3 is 71.1 Å². The first-order valence-corrected chi connectivity index (χ1v) is 27.2. The first kappa shape index (κ1) is 59.7. The number of aromatic nitrogens is 1. The van der Waals surface area contributed by atoms with Crippen LogP contribution in [0.15, 0.2) is 109 Å². The van der Waals surface area contributed by atoms with Crippen LogP contribution in [0.3, 0.4) is 0 Å². The molecule has 7 aromatic rings. The molecular weight excluding hydrogens is 1170 g/mol. The van der Waals surface area contributed by atoms with Crippen molar-refractivity contribution in [3.05, 3.63) is 163 Å². The van der Waals surface area contributed by atoms with Gasteiger partial charge in [0.25, 0.3) is 0 Å². The number of H-pyrrole nitrogens is 1. The van der Waals surface area contributed by atoms with Crippen molar-refractivity contribution in [3.8, 4) is 45.6 Å². The summed E-state index contributed by atoms with van der Waals surface area (Å²) in [5.74, 6) is -7.98. The van der Waals surface area contributed by atoms with Crippen molar-refractivity contribution in [1.29, 1.82) is 0 Å². The predicted molar refractivity (Wildman–Crippen MR) is 309 cm³/mol. The number of methoxy groups -OCH3 is 1. The van der Waals surface area contributed by atoms with Crippen LogP contribution >= 0.6 is 46.4 Å². The minimum Gasteiger partial charge on any atom is -0.508 e. The Balaban J connectivity index is 1.26. The van der Waals surface area contributed by atoms with E-state index in [0.29, 0.717) is 27.6 Å². The van der Waals surface area contributed by atoms with Gasteiger partial charge in [-0.1, -0.05) is 88.9 Å². The summed E-state index contributed by atoms with van der Waals surface area (Å²) in [6, 6.07) is 13.6. The van der Waals surface area contributed by atoms with Crippen LogP contribution in [-0.4, -0.2) is 104 Å². The van der Waals surface area contributed by atoms with Crippen molar-refractivity contribution in [2.24, 2.45) is 0 Å². The van der Waals surface area contributed by atoms with E-state index in [-0.39, 0.29) is 78.0 Å². The molecule has 0 spiro atoms. The monoisotopic (exact) mass is 1220 g/mol. The number of hydrogen-bond acceptors (Lipinski definition) is 14. The highest BCUT2D eigenvalue weighted by molar-refractivity contribution is 6.38. The van der Waals surface area contributed by atoms with Gasteiger partial charge in [-0.15, -0.1) is 0 Å². The average Bonchev–Trinajstić information content (AvgIpc) is 1.81. The van der Waals surface area contributed by atoms with Crippen LogP contribution < -0.4 is 31.3 Å². The van der Waals surface area contributed by atoms with Gasteiger partial charge >= 0.3 is 12.1 Å². The van der Waals surface area contributed by atoms with Crippen LogP contribution in [0.1, 0.15) is 78.3 Å². The Morgan fingerprint density at radius 3 is 1.83 bits per heavy atom. The number of aromatic hydroxyl groups is 4. The molecule has 21 nitrogen and oxygen atoms in total. The number of fused-ring (bicyclic) bond motifs is 10. The van der Waals surface area contributed by atoms with E-state index in [1.807, 2.05) is 0 Å². The molecular formula is C59H53Cl4N7O14. The minimum absolute atomic E-state index is 0.0447. The van der Waals surface area contributed by atoms with Crippen molar-refractivity contribution >= 4 is 98.9 Å². The van der Waals surface area contributed by atoms with Crippen LogP contribution in [0, 0.1) is 0 Å². The quantitative estimate of drug-likeness (QED) is 0.0667. The molecule has 25 heteroatoms. The third kappa shape index (κ3) is 12.7. The molecule has 84 heavy (non-hydrogen) atoms. The number of halogens is 4. The minimum atomic E-state index is -1.98. The van der Waals surface area contributed by atoms with Gasteiger partial charge in [0.1, 0.15) is 47.3 Å². The van der Waals surface area contributed by atoms with E-state index in [0.717, 1.165) is 36.3 Å². The molecule has 3 aliphatic heterocycles. The Morgan fingerprint density at radius 2 is 1.25 bits per heavy atom. The predicted octanol–water partition coefficient (Wildman–Crippen LogP) is 8.80. The highest BCUT2D eigenvalue weighted by Gasteiger charge is 2.40. The van der Waals surface area contributed by atoms with E-state index in [1.54, 1.807) is 57.3 Å². The van der Waals surface area contributed by atoms with E-state index >= 15 is 14.4 Å². The number of hydrogen-bond donors (Lipinski definition) is 10. The number of esters is 1. The molecule has 6 atom stereocenters. The third-order valence-electron chi connectivity index (χ3n) is 14.0. The van der Waals surface area contributed by atoms with Gasteiger partial charge in [-0.05, 0) is 115 Å². The van der Waals surface area contributed by atoms with Gasteiger partial charge in [0.15, 0.2) is 29.0 Å². The van der Waals surface area contributed by atoms with Crippen LogP contribution in [0.2, 0.25) is 20.1 Å². The number of carbonyl (C=O) groups excluding carboxylic acids is 7. The normalized spacial score (nSPS) is 18.8. The zero-order chi connectivity index (χ0) is 60.6. The molecule has 10 N–H and O–H groups in total. The SMILES string of the molecule is COC(=O)C(NC(=O)C1Cc2ccc(cc2)Oc2cc3cc(c2O)-c2cccc4c(c[nH]c24)CC(NC(=O)OC(C)(C)C)C(=O)NC(c2cc(Cl)c(O)c(Cl)c2)C(=O)NC3C(=O)NC(c2cc(Cl)c(O)c(Cl)c2)C(=O)N1C)c1ccc(O)cc1. The van der Waals surface area contributed by atoms with Crippen LogP contribution in [0.25, 0.3) is 22.0 Å². The molecule has 1 aromatic heterocycles. The number of benzene rings is 6. The molecule has 6 unspecified atom stereocenters. The Kier molecular flexibility index (Phi) is 17.2. The Morgan fingerprint density at radius 1 is 0.690 bits per heavy atom. The largest absolute Gasteiger partial charge is 0.508 e. The fourth-order valence-corrected chi connectivity index (χ4v) is 10.8. The number of nitrogens with zero attached hydrogens (tertiary/aromatic N) is 1. The van der Waals surface area contributed by atoms with Crippen LogP contribution in [0.5, 0.6) is 34.5 Å². The van der Waals surface area contributed by atoms with Crippen LogP contribution in [0.4, 0.5) is 4.79 Å². The molecule has 6 aromatic carbocycles. The second-order valence-corrected chi connectivity index (χ2v) is 22.5. The first-order valence-electron chi connectivity index (χ1n) is 25.7. The summed E-state index contributed by atoms with van der Waals surface area (Å²) < 4.78 is 17.0. The van der Waals surface area contributed by atoms with Crippen molar-refractivity contribution in [1.82, 2.24) is 36.5 Å². The van der Waals surface area contributed by atoms with E-state index in [9.17, 15) is 39.6 Å². The lowest BCUT2D eigenvalue weighted by molar-refractivity contribution is -0.147. The van der Waals surface area contributed by atoms with Crippen LogP contribution in [-0.2, 0) is 51.1 Å². The standard InChI is InChI=1S/C59H53Cl4N7O14/c1-59(2,3)84-58(81)65-41-23-31-25-64-48-34(31)7-6-8-35(48)36-18-28-24-43(49(36)72)83-33-15-9-26(10-16-33)17-42(53(76)69-47(57(80)82-5)27-11-13-32(71)14-12-27)70(4)56(79)46(30-21-39(62)51(74)40(63)22-30)68-55(78)44(28)67-54(77)45(66-52(41)75)29-19-37(60)50(73)38(61)20-29/h6-16,18-22,24-25,41-42,44-47,64,71-74H,17,23H2,1-5H3,(H,65,81)(H,66,75)(H,67,77)(H,68,78)(H,69,76). The number of alkyl carbamates (subject to hydrolysis) is 1. The molecule has 9 bridgehead atoms. The fourth-order valence-electron chi connectivity index (χ4n) is 9.76. The average molecular weight is 1230 g/mol. The molecule has 436 valence electrons. The number of para-hydroxylation sites is 1. The molecule has 0 saturated heterocycles. The number of nitrogens with one attached hydrogen (secondary N) is 6. The molecule has 0 fully saturated rings. The Bertz CT molecular complexity index is 3750. The topological polar surface area (TPSA) is 307 Å². The smallest absolute Gasteiger partial charge is 0.408 e. The number of ether oxygens (including phenoxy) is 3. The zero-order valence-corrected chi connectivity index (χ0v) is 48.1. The van der Waals surface area contributed by atoms with Crippen molar-refractivity contribution in [2.75, 3.05) is 14.2 Å². The number of aromatic amines is 1. The number of phenolic OH excluding ortho intramolecular Hbond substituents is 4.